The van der Waals surface area contributed by atoms with E-state index in [2.05, 4.69) is 34.2 Å². The quantitative estimate of drug-likeness (QED) is 0.524. The summed E-state index contributed by atoms with van der Waals surface area (Å²) in [7, 11) is -3.74. The molecule has 0 saturated heterocycles. The fourth-order valence-electron chi connectivity index (χ4n) is 3.04. The van der Waals surface area contributed by atoms with Crippen molar-refractivity contribution in [1.29, 1.82) is 0 Å². The molecule has 4 rings (SSSR count). The minimum atomic E-state index is -3.74. The Hall–Kier alpha value is -3.30. The van der Waals surface area contributed by atoms with E-state index >= 15 is 0 Å². The minimum absolute atomic E-state index is 0.0496. The average Bonchev–Trinajstić information content (AvgIpc) is 3.10. The van der Waals surface area contributed by atoms with E-state index < -0.39 is 10.0 Å². The standard InChI is InChI=1S/C20H20N6O2S/c1-13(2)24-16-6-3-15-10-23-26(19(15)9-16)20-12-22-11-18(25-20)14-4-7-17(8-5-14)29(21,27)28/h3-13,24H,1-2H3,(H2,21,27,28). The molecule has 0 bridgehead atoms. The molecule has 0 unspecified atom stereocenters. The number of benzene rings is 2. The van der Waals surface area contributed by atoms with Crippen molar-refractivity contribution >= 4 is 26.6 Å². The van der Waals surface area contributed by atoms with Crippen LogP contribution in [-0.4, -0.2) is 34.2 Å². The van der Waals surface area contributed by atoms with Crippen molar-refractivity contribution in [2.24, 2.45) is 5.14 Å². The van der Waals surface area contributed by atoms with E-state index in [1.807, 2.05) is 18.2 Å². The van der Waals surface area contributed by atoms with Gasteiger partial charge in [0.05, 0.1) is 34.7 Å². The smallest absolute Gasteiger partial charge is 0.238 e. The van der Waals surface area contributed by atoms with E-state index in [1.165, 1.54) is 12.1 Å². The molecule has 3 N–H and O–H groups in total. The fraction of sp³-hybridized carbons (Fsp3) is 0.150. The van der Waals surface area contributed by atoms with E-state index in [9.17, 15) is 8.42 Å². The second-order valence-electron chi connectivity index (χ2n) is 6.96. The molecule has 0 fully saturated rings. The normalized spacial score (nSPS) is 11.9. The van der Waals surface area contributed by atoms with Gasteiger partial charge in [-0.05, 0) is 44.2 Å². The Balaban J connectivity index is 1.74. The van der Waals surface area contributed by atoms with Gasteiger partial charge in [0.2, 0.25) is 10.0 Å². The number of hydrogen-bond donors (Lipinski definition) is 2. The molecule has 8 nitrogen and oxygen atoms in total. The molecule has 0 atom stereocenters. The number of sulfonamides is 1. The second-order valence-corrected chi connectivity index (χ2v) is 8.52. The molecule has 0 saturated carbocycles. The average molecular weight is 408 g/mol. The predicted molar refractivity (Wildman–Crippen MR) is 112 cm³/mol. The van der Waals surface area contributed by atoms with Gasteiger partial charge in [0.15, 0.2) is 5.82 Å². The number of rotatable bonds is 5. The zero-order chi connectivity index (χ0) is 20.6. The van der Waals surface area contributed by atoms with Crippen LogP contribution < -0.4 is 10.5 Å². The van der Waals surface area contributed by atoms with Crippen molar-refractivity contribution in [1.82, 2.24) is 19.7 Å². The number of aromatic nitrogens is 4. The van der Waals surface area contributed by atoms with Crippen molar-refractivity contribution in [3.8, 4) is 17.1 Å². The Morgan fingerprint density at radius 2 is 1.79 bits per heavy atom. The van der Waals surface area contributed by atoms with E-state index in [-0.39, 0.29) is 4.90 Å². The lowest BCUT2D eigenvalue weighted by Crippen LogP contribution is -2.11. The topological polar surface area (TPSA) is 116 Å². The molecule has 29 heavy (non-hydrogen) atoms. The molecular formula is C20H20N6O2S. The third kappa shape index (κ3) is 3.96. The van der Waals surface area contributed by atoms with E-state index in [0.717, 1.165) is 22.2 Å². The van der Waals surface area contributed by atoms with Gasteiger partial charge in [-0.15, -0.1) is 0 Å². The maximum atomic E-state index is 11.4. The molecule has 0 aliphatic heterocycles. The summed E-state index contributed by atoms with van der Waals surface area (Å²) < 4.78 is 24.6. The second kappa shape index (κ2) is 7.26. The number of primary sulfonamides is 1. The highest BCUT2D eigenvalue weighted by atomic mass is 32.2. The lowest BCUT2D eigenvalue weighted by atomic mass is 10.2. The number of anilines is 1. The van der Waals surface area contributed by atoms with Crippen LogP contribution in [0.3, 0.4) is 0 Å². The third-order valence-corrected chi connectivity index (χ3v) is 5.27. The van der Waals surface area contributed by atoms with Gasteiger partial charge in [-0.1, -0.05) is 12.1 Å². The number of fused-ring (bicyclic) bond motifs is 1. The SMILES string of the molecule is CC(C)Nc1ccc2cnn(-c3cncc(-c4ccc(S(N)(=O)=O)cc4)n3)c2c1. The molecule has 2 aromatic carbocycles. The summed E-state index contributed by atoms with van der Waals surface area (Å²) >= 11 is 0. The fourth-order valence-corrected chi connectivity index (χ4v) is 3.55. The summed E-state index contributed by atoms with van der Waals surface area (Å²) in [5, 5.41) is 14.0. The van der Waals surface area contributed by atoms with Crippen LogP contribution in [0, 0.1) is 0 Å². The maximum Gasteiger partial charge on any atom is 0.238 e. The summed E-state index contributed by atoms with van der Waals surface area (Å²) in [6, 6.07) is 12.6. The Morgan fingerprint density at radius 1 is 1.03 bits per heavy atom. The Morgan fingerprint density at radius 3 is 2.48 bits per heavy atom. The van der Waals surface area contributed by atoms with E-state index in [0.29, 0.717) is 17.6 Å². The zero-order valence-corrected chi connectivity index (χ0v) is 16.8. The number of nitrogens with two attached hydrogens (primary N) is 1. The molecule has 148 valence electrons. The van der Waals surface area contributed by atoms with Crippen molar-refractivity contribution in [3.63, 3.8) is 0 Å². The first-order chi connectivity index (χ1) is 13.8. The van der Waals surface area contributed by atoms with E-state index in [1.54, 1.807) is 35.4 Å². The van der Waals surface area contributed by atoms with Gasteiger partial charge in [0.25, 0.3) is 0 Å². The van der Waals surface area contributed by atoms with Gasteiger partial charge in [0.1, 0.15) is 0 Å². The first-order valence-electron chi connectivity index (χ1n) is 9.01. The molecule has 4 aromatic rings. The molecule has 0 amide bonds. The van der Waals surface area contributed by atoms with E-state index in [4.69, 9.17) is 5.14 Å². The van der Waals surface area contributed by atoms with Crippen molar-refractivity contribution in [2.45, 2.75) is 24.8 Å². The molecule has 0 spiro atoms. The summed E-state index contributed by atoms with van der Waals surface area (Å²) in [6.45, 7) is 4.16. The first-order valence-corrected chi connectivity index (χ1v) is 10.6. The highest BCUT2D eigenvalue weighted by Crippen LogP contribution is 2.24. The summed E-state index contributed by atoms with van der Waals surface area (Å²) in [5.74, 6) is 0.565. The highest BCUT2D eigenvalue weighted by Gasteiger charge is 2.11. The van der Waals surface area contributed by atoms with Crippen LogP contribution in [0.4, 0.5) is 5.69 Å². The van der Waals surface area contributed by atoms with Crippen LogP contribution in [0.15, 0.2) is 66.0 Å². The molecule has 0 aliphatic carbocycles. The summed E-state index contributed by atoms with van der Waals surface area (Å²) in [6.07, 6.45) is 5.04. The van der Waals surface area contributed by atoms with Gasteiger partial charge in [-0.2, -0.15) is 5.10 Å². The largest absolute Gasteiger partial charge is 0.383 e. The lowest BCUT2D eigenvalue weighted by Gasteiger charge is -2.10. The van der Waals surface area contributed by atoms with Gasteiger partial charge < -0.3 is 5.32 Å². The monoisotopic (exact) mass is 408 g/mol. The highest BCUT2D eigenvalue weighted by molar-refractivity contribution is 7.89. The lowest BCUT2D eigenvalue weighted by molar-refractivity contribution is 0.598. The van der Waals surface area contributed by atoms with Gasteiger partial charge in [-0.25, -0.2) is 23.2 Å². The Labute approximate surface area is 168 Å². The summed E-state index contributed by atoms with van der Waals surface area (Å²) in [4.78, 5) is 8.99. The summed E-state index contributed by atoms with van der Waals surface area (Å²) in [5.41, 5.74) is 3.23. The van der Waals surface area contributed by atoms with Crippen LogP contribution in [0.2, 0.25) is 0 Å². The van der Waals surface area contributed by atoms with Crippen molar-refractivity contribution in [3.05, 3.63) is 61.1 Å². The van der Waals surface area contributed by atoms with Gasteiger partial charge in [0, 0.05) is 22.7 Å². The number of nitrogens with zero attached hydrogens (tertiary/aromatic N) is 4. The molecule has 0 aliphatic rings. The molecular weight excluding hydrogens is 388 g/mol. The molecule has 0 radical (unpaired) electrons. The van der Waals surface area contributed by atoms with Crippen LogP contribution in [0.25, 0.3) is 28.0 Å². The van der Waals surface area contributed by atoms with Crippen LogP contribution in [0.5, 0.6) is 0 Å². The third-order valence-electron chi connectivity index (χ3n) is 4.34. The van der Waals surface area contributed by atoms with Gasteiger partial charge >= 0.3 is 0 Å². The predicted octanol–water partition coefficient (Wildman–Crippen LogP) is 2.95. The molecule has 2 aromatic heterocycles. The van der Waals surface area contributed by atoms with Crippen molar-refractivity contribution in [2.75, 3.05) is 5.32 Å². The zero-order valence-electron chi connectivity index (χ0n) is 15.9. The number of hydrogen-bond acceptors (Lipinski definition) is 6. The first kappa shape index (κ1) is 19.0. The van der Waals surface area contributed by atoms with Crippen LogP contribution in [-0.2, 0) is 10.0 Å². The maximum absolute atomic E-state index is 11.4. The Bertz CT molecular complexity index is 1280. The molecule has 9 heteroatoms. The molecule has 2 heterocycles. The van der Waals surface area contributed by atoms with Gasteiger partial charge in [-0.3, -0.25) is 4.98 Å². The minimum Gasteiger partial charge on any atom is -0.383 e. The van der Waals surface area contributed by atoms with Crippen LogP contribution in [0.1, 0.15) is 13.8 Å². The number of nitrogens with one attached hydrogen (secondary N) is 1. The Kier molecular flexibility index (Phi) is 4.77. The van der Waals surface area contributed by atoms with Crippen molar-refractivity contribution < 1.29 is 8.42 Å². The van der Waals surface area contributed by atoms with Crippen LogP contribution >= 0.6 is 0 Å².